The van der Waals surface area contributed by atoms with E-state index >= 15 is 0 Å². The van der Waals surface area contributed by atoms with Gasteiger partial charge in [-0.25, -0.2) is 17.8 Å². The van der Waals surface area contributed by atoms with Crippen molar-refractivity contribution in [2.24, 2.45) is 0 Å². The van der Waals surface area contributed by atoms with Crippen LogP contribution in [0.3, 0.4) is 0 Å². The van der Waals surface area contributed by atoms with Gasteiger partial charge in [0.15, 0.2) is 5.69 Å². The van der Waals surface area contributed by atoms with Gasteiger partial charge in [0.25, 0.3) is 5.91 Å². The van der Waals surface area contributed by atoms with E-state index in [0.717, 1.165) is 29.7 Å². The van der Waals surface area contributed by atoms with Crippen molar-refractivity contribution in [2.75, 3.05) is 0 Å². The Hall–Kier alpha value is -3.04. The SMILES string of the molecule is Cc1cccc(-n2nnc(C(=O)NCc3ccc(S(=O)(=O)NC4CC4)cc3)c2C)c1. The van der Waals surface area contributed by atoms with Gasteiger partial charge in [-0.05, 0) is 62.1 Å². The molecule has 3 aromatic rings. The fraction of sp³-hybridized carbons (Fsp3) is 0.286. The molecule has 2 aromatic carbocycles. The number of amides is 1. The smallest absolute Gasteiger partial charge is 0.274 e. The highest BCUT2D eigenvalue weighted by atomic mass is 32.2. The highest BCUT2D eigenvalue weighted by Gasteiger charge is 2.27. The van der Waals surface area contributed by atoms with E-state index in [2.05, 4.69) is 20.4 Å². The Morgan fingerprint density at radius 3 is 2.53 bits per heavy atom. The zero-order valence-electron chi connectivity index (χ0n) is 16.8. The molecular formula is C21H23N5O3S. The lowest BCUT2D eigenvalue weighted by molar-refractivity contribution is 0.0945. The van der Waals surface area contributed by atoms with E-state index < -0.39 is 10.0 Å². The second-order valence-electron chi connectivity index (χ2n) is 7.50. The molecule has 1 aliphatic carbocycles. The van der Waals surface area contributed by atoms with Crippen molar-refractivity contribution in [3.8, 4) is 5.69 Å². The van der Waals surface area contributed by atoms with Crippen molar-refractivity contribution in [3.63, 3.8) is 0 Å². The minimum absolute atomic E-state index is 0.0606. The molecule has 0 aliphatic heterocycles. The number of carbonyl (C=O) groups is 1. The van der Waals surface area contributed by atoms with Crippen molar-refractivity contribution in [2.45, 2.75) is 44.2 Å². The van der Waals surface area contributed by atoms with Gasteiger partial charge in [0, 0.05) is 12.6 Å². The van der Waals surface area contributed by atoms with E-state index in [-0.39, 0.29) is 29.1 Å². The predicted octanol–water partition coefficient (Wildman–Crippen LogP) is 2.25. The Balaban J connectivity index is 1.41. The van der Waals surface area contributed by atoms with Crippen LogP contribution in [-0.4, -0.2) is 35.4 Å². The van der Waals surface area contributed by atoms with Crippen molar-refractivity contribution >= 4 is 15.9 Å². The van der Waals surface area contributed by atoms with Crippen LogP contribution in [0.1, 0.15) is 40.2 Å². The van der Waals surface area contributed by atoms with E-state index in [1.807, 2.05) is 31.2 Å². The van der Waals surface area contributed by atoms with Crippen LogP contribution in [-0.2, 0) is 16.6 Å². The molecule has 30 heavy (non-hydrogen) atoms. The third-order valence-electron chi connectivity index (χ3n) is 4.94. The monoisotopic (exact) mass is 425 g/mol. The highest BCUT2D eigenvalue weighted by molar-refractivity contribution is 7.89. The fourth-order valence-corrected chi connectivity index (χ4v) is 4.39. The summed E-state index contributed by atoms with van der Waals surface area (Å²) in [5.74, 6) is -0.335. The van der Waals surface area contributed by atoms with Crippen molar-refractivity contribution in [3.05, 3.63) is 71.0 Å². The molecule has 0 spiro atoms. The van der Waals surface area contributed by atoms with Gasteiger partial charge in [0.1, 0.15) is 0 Å². The van der Waals surface area contributed by atoms with Crippen molar-refractivity contribution < 1.29 is 13.2 Å². The lowest BCUT2D eigenvalue weighted by Crippen LogP contribution is -2.26. The molecule has 1 amide bonds. The summed E-state index contributed by atoms with van der Waals surface area (Å²) in [6, 6.07) is 14.3. The number of aromatic nitrogens is 3. The Kier molecular flexibility index (Phi) is 5.40. The number of aryl methyl sites for hydroxylation is 1. The highest BCUT2D eigenvalue weighted by Crippen LogP contribution is 2.22. The van der Waals surface area contributed by atoms with Crippen LogP contribution in [0.2, 0.25) is 0 Å². The zero-order chi connectivity index (χ0) is 21.3. The first-order chi connectivity index (χ1) is 14.3. The first-order valence-electron chi connectivity index (χ1n) is 9.72. The average molecular weight is 426 g/mol. The summed E-state index contributed by atoms with van der Waals surface area (Å²) in [5.41, 5.74) is 3.62. The first kappa shape index (κ1) is 20.2. The number of carbonyl (C=O) groups excluding carboxylic acids is 1. The number of rotatable bonds is 7. The van der Waals surface area contributed by atoms with E-state index in [1.165, 1.54) is 0 Å². The lowest BCUT2D eigenvalue weighted by Gasteiger charge is -2.08. The summed E-state index contributed by atoms with van der Waals surface area (Å²) in [6.07, 6.45) is 1.77. The predicted molar refractivity (Wildman–Crippen MR) is 112 cm³/mol. The van der Waals surface area contributed by atoms with Crippen LogP contribution in [0.4, 0.5) is 0 Å². The number of sulfonamides is 1. The molecule has 0 radical (unpaired) electrons. The van der Waals surface area contributed by atoms with Gasteiger partial charge in [-0.2, -0.15) is 0 Å². The van der Waals surface area contributed by atoms with Crippen LogP contribution >= 0.6 is 0 Å². The summed E-state index contributed by atoms with van der Waals surface area (Å²) in [7, 11) is -3.48. The Morgan fingerprint density at radius 2 is 1.87 bits per heavy atom. The summed E-state index contributed by atoms with van der Waals surface area (Å²) < 4.78 is 28.7. The standard InChI is InChI=1S/C21H23N5O3S/c1-14-4-3-5-18(12-14)26-15(2)20(23-25-26)21(27)22-13-16-6-10-19(11-7-16)30(28,29)24-17-8-9-17/h3-7,10-12,17,24H,8-9,13H2,1-2H3,(H,22,27). The molecule has 1 heterocycles. The number of nitrogens with zero attached hydrogens (tertiary/aromatic N) is 3. The zero-order valence-corrected chi connectivity index (χ0v) is 17.6. The number of hydrogen-bond acceptors (Lipinski definition) is 5. The molecule has 1 aromatic heterocycles. The third-order valence-corrected chi connectivity index (χ3v) is 6.48. The van der Waals surface area contributed by atoms with E-state index in [9.17, 15) is 13.2 Å². The minimum atomic E-state index is -3.48. The second-order valence-corrected chi connectivity index (χ2v) is 9.21. The first-order valence-corrected chi connectivity index (χ1v) is 11.2. The molecule has 156 valence electrons. The van der Waals surface area contributed by atoms with Gasteiger partial charge >= 0.3 is 0 Å². The fourth-order valence-electron chi connectivity index (χ4n) is 3.09. The number of hydrogen-bond donors (Lipinski definition) is 2. The molecular weight excluding hydrogens is 402 g/mol. The normalized spacial score (nSPS) is 13.9. The van der Waals surface area contributed by atoms with E-state index in [4.69, 9.17) is 0 Å². The molecule has 9 heteroatoms. The Morgan fingerprint density at radius 1 is 1.13 bits per heavy atom. The second kappa shape index (κ2) is 8.00. The molecule has 1 fully saturated rings. The topological polar surface area (TPSA) is 106 Å². The minimum Gasteiger partial charge on any atom is -0.347 e. The summed E-state index contributed by atoms with van der Waals surface area (Å²) in [4.78, 5) is 12.8. The number of nitrogens with one attached hydrogen (secondary N) is 2. The average Bonchev–Trinajstić information content (AvgIpc) is 3.44. The maximum absolute atomic E-state index is 12.6. The van der Waals surface area contributed by atoms with Crippen LogP contribution in [0.5, 0.6) is 0 Å². The lowest BCUT2D eigenvalue weighted by atomic mass is 10.2. The maximum atomic E-state index is 12.6. The summed E-state index contributed by atoms with van der Waals surface area (Å²) in [6.45, 7) is 4.04. The van der Waals surface area contributed by atoms with Gasteiger partial charge in [0.2, 0.25) is 10.0 Å². The number of benzene rings is 2. The molecule has 2 N–H and O–H groups in total. The summed E-state index contributed by atoms with van der Waals surface area (Å²) >= 11 is 0. The molecule has 0 bridgehead atoms. The summed E-state index contributed by atoms with van der Waals surface area (Å²) in [5, 5.41) is 10.9. The quantitative estimate of drug-likeness (QED) is 0.604. The van der Waals surface area contributed by atoms with Gasteiger partial charge in [-0.1, -0.05) is 29.5 Å². The van der Waals surface area contributed by atoms with Crippen LogP contribution in [0, 0.1) is 13.8 Å². The molecule has 8 nitrogen and oxygen atoms in total. The Bertz CT molecular complexity index is 1180. The van der Waals surface area contributed by atoms with E-state index in [1.54, 1.807) is 35.9 Å². The molecule has 0 saturated heterocycles. The largest absolute Gasteiger partial charge is 0.347 e. The molecule has 1 aliphatic rings. The Labute approximate surface area is 175 Å². The van der Waals surface area contributed by atoms with Crippen LogP contribution in [0.15, 0.2) is 53.4 Å². The van der Waals surface area contributed by atoms with Crippen molar-refractivity contribution in [1.29, 1.82) is 0 Å². The molecule has 1 saturated carbocycles. The third kappa shape index (κ3) is 4.42. The molecule has 0 atom stereocenters. The molecule has 4 rings (SSSR count). The van der Waals surface area contributed by atoms with E-state index in [0.29, 0.717) is 5.69 Å². The van der Waals surface area contributed by atoms with Gasteiger partial charge in [0.05, 0.1) is 16.3 Å². The van der Waals surface area contributed by atoms with Gasteiger partial charge in [-0.3, -0.25) is 4.79 Å². The van der Waals surface area contributed by atoms with Crippen molar-refractivity contribution in [1.82, 2.24) is 25.0 Å². The maximum Gasteiger partial charge on any atom is 0.274 e. The molecule has 0 unspecified atom stereocenters. The van der Waals surface area contributed by atoms with Crippen LogP contribution in [0.25, 0.3) is 5.69 Å². The van der Waals surface area contributed by atoms with Gasteiger partial charge in [-0.15, -0.1) is 5.10 Å². The van der Waals surface area contributed by atoms with Gasteiger partial charge < -0.3 is 5.32 Å². The van der Waals surface area contributed by atoms with Crippen LogP contribution < -0.4 is 10.0 Å².